The average Bonchev–Trinajstić information content (AvgIpc) is 2.36. The van der Waals surface area contributed by atoms with Gasteiger partial charge in [-0.15, -0.1) is 0 Å². The second-order valence-corrected chi connectivity index (χ2v) is 4.44. The molecule has 0 aromatic carbocycles. The largest absolute Gasteiger partial charge is 0.480 e. The quantitative estimate of drug-likeness (QED) is 0.791. The number of hydrogen-bond acceptors (Lipinski definition) is 4. The van der Waals surface area contributed by atoms with Crippen LogP contribution < -0.4 is 10.1 Å². The Hall–Kier alpha value is -1.16. The highest BCUT2D eigenvalue weighted by molar-refractivity contribution is 5.21. The molecule has 96 valence electrons. The zero-order valence-electron chi connectivity index (χ0n) is 11.2. The smallest absolute Gasteiger partial charge is 0.235 e. The topological polar surface area (TPSA) is 47.0 Å². The minimum Gasteiger partial charge on any atom is -0.480 e. The van der Waals surface area contributed by atoms with Gasteiger partial charge in [0.25, 0.3) is 0 Å². The lowest BCUT2D eigenvalue weighted by atomic mass is 9.99. The molecule has 0 aliphatic rings. The van der Waals surface area contributed by atoms with E-state index in [2.05, 4.69) is 36.1 Å². The third-order valence-electron chi connectivity index (χ3n) is 2.80. The molecule has 0 saturated carbocycles. The monoisotopic (exact) mass is 237 g/mol. The van der Waals surface area contributed by atoms with Crippen molar-refractivity contribution in [3.05, 3.63) is 18.1 Å². The zero-order chi connectivity index (χ0) is 12.7. The fourth-order valence-corrected chi connectivity index (χ4v) is 1.95. The van der Waals surface area contributed by atoms with E-state index in [1.165, 1.54) is 0 Å². The van der Waals surface area contributed by atoms with Gasteiger partial charge in [-0.2, -0.15) is 0 Å². The Morgan fingerprint density at radius 1 is 1.29 bits per heavy atom. The van der Waals surface area contributed by atoms with Crippen LogP contribution in [0.2, 0.25) is 0 Å². The van der Waals surface area contributed by atoms with Crippen LogP contribution in [0.3, 0.4) is 0 Å². The Balaban J connectivity index is 2.59. The van der Waals surface area contributed by atoms with Crippen molar-refractivity contribution in [2.45, 2.75) is 45.6 Å². The Kier molecular flexibility index (Phi) is 5.91. The van der Waals surface area contributed by atoms with E-state index in [9.17, 15) is 0 Å². The molecule has 1 N–H and O–H groups in total. The second-order valence-electron chi connectivity index (χ2n) is 4.44. The maximum absolute atomic E-state index is 5.24. The normalized spacial score (nSPS) is 14.4. The zero-order valence-corrected chi connectivity index (χ0v) is 11.2. The van der Waals surface area contributed by atoms with Gasteiger partial charge in [-0.1, -0.05) is 13.8 Å². The molecule has 4 heteroatoms. The third-order valence-corrected chi connectivity index (χ3v) is 2.80. The molecule has 0 bridgehead atoms. The van der Waals surface area contributed by atoms with E-state index >= 15 is 0 Å². The molecule has 17 heavy (non-hydrogen) atoms. The third kappa shape index (κ3) is 4.30. The molecule has 1 heterocycles. The Morgan fingerprint density at radius 3 is 2.65 bits per heavy atom. The first-order valence-electron chi connectivity index (χ1n) is 6.27. The molecule has 0 radical (unpaired) electrons. The molecule has 2 unspecified atom stereocenters. The molecule has 0 saturated heterocycles. The number of nitrogens with zero attached hydrogens (tertiary/aromatic N) is 2. The first-order chi connectivity index (χ1) is 8.19. The lowest BCUT2D eigenvalue weighted by molar-refractivity contribution is 0.379. The van der Waals surface area contributed by atoms with Crippen molar-refractivity contribution >= 4 is 0 Å². The summed E-state index contributed by atoms with van der Waals surface area (Å²) in [6.07, 6.45) is 5.58. The van der Waals surface area contributed by atoms with Crippen LogP contribution in [0, 0.1) is 0 Å². The first-order valence-corrected chi connectivity index (χ1v) is 6.27. The highest BCUT2D eigenvalue weighted by atomic mass is 16.5. The van der Waals surface area contributed by atoms with Crippen LogP contribution in [-0.4, -0.2) is 29.7 Å². The van der Waals surface area contributed by atoms with Gasteiger partial charge in [-0.3, -0.25) is 4.98 Å². The van der Waals surface area contributed by atoms with Gasteiger partial charge in [0.15, 0.2) is 0 Å². The van der Waals surface area contributed by atoms with Crippen molar-refractivity contribution < 1.29 is 4.74 Å². The SMILES string of the molecule is CCCNC(C)CC(C)c1nccnc1OC. The number of ether oxygens (including phenoxy) is 1. The van der Waals surface area contributed by atoms with Gasteiger partial charge in [-0.25, -0.2) is 4.98 Å². The van der Waals surface area contributed by atoms with Crippen LogP contribution >= 0.6 is 0 Å². The van der Waals surface area contributed by atoms with Crippen LogP contribution in [0.15, 0.2) is 12.4 Å². The highest BCUT2D eigenvalue weighted by Gasteiger charge is 2.16. The number of aromatic nitrogens is 2. The van der Waals surface area contributed by atoms with Crippen LogP contribution in [-0.2, 0) is 0 Å². The van der Waals surface area contributed by atoms with Crippen molar-refractivity contribution in [3.63, 3.8) is 0 Å². The van der Waals surface area contributed by atoms with Crippen molar-refractivity contribution in [1.29, 1.82) is 0 Å². The van der Waals surface area contributed by atoms with E-state index in [1.807, 2.05) is 0 Å². The molecular formula is C13H23N3O. The maximum atomic E-state index is 5.24. The minimum absolute atomic E-state index is 0.345. The minimum atomic E-state index is 0.345. The van der Waals surface area contributed by atoms with E-state index < -0.39 is 0 Å². The van der Waals surface area contributed by atoms with Crippen LogP contribution in [0.1, 0.15) is 45.2 Å². The predicted octanol–water partition coefficient (Wildman–Crippen LogP) is 2.37. The fourth-order valence-electron chi connectivity index (χ4n) is 1.95. The standard InChI is InChI=1S/C13H23N3O/c1-5-6-14-11(3)9-10(2)12-13(17-4)16-8-7-15-12/h7-8,10-11,14H,5-6,9H2,1-4H3. The number of nitrogens with one attached hydrogen (secondary N) is 1. The summed E-state index contributed by atoms with van der Waals surface area (Å²) in [4.78, 5) is 8.55. The second kappa shape index (κ2) is 7.22. The Labute approximate surface area is 104 Å². The van der Waals surface area contributed by atoms with Gasteiger partial charge in [0.2, 0.25) is 5.88 Å². The molecule has 2 atom stereocenters. The summed E-state index contributed by atoms with van der Waals surface area (Å²) in [6.45, 7) is 7.60. The van der Waals surface area contributed by atoms with Crippen LogP contribution in [0.25, 0.3) is 0 Å². The molecular weight excluding hydrogens is 214 g/mol. The van der Waals surface area contributed by atoms with Gasteiger partial charge < -0.3 is 10.1 Å². The van der Waals surface area contributed by atoms with Crippen LogP contribution in [0.4, 0.5) is 0 Å². The summed E-state index contributed by atoms with van der Waals surface area (Å²) in [6, 6.07) is 0.483. The molecule has 0 fully saturated rings. The fraction of sp³-hybridized carbons (Fsp3) is 0.692. The Bertz CT molecular complexity index is 330. The van der Waals surface area contributed by atoms with E-state index in [4.69, 9.17) is 4.74 Å². The van der Waals surface area contributed by atoms with Gasteiger partial charge in [0.05, 0.1) is 7.11 Å². The van der Waals surface area contributed by atoms with E-state index in [0.717, 1.165) is 25.1 Å². The lowest BCUT2D eigenvalue weighted by Crippen LogP contribution is -2.28. The summed E-state index contributed by atoms with van der Waals surface area (Å²) >= 11 is 0. The molecule has 0 aliphatic heterocycles. The first kappa shape index (κ1) is 13.9. The molecule has 1 aromatic heterocycles. The van der Waals surface area contributed by atoms with E-state index in [1.54, 1.807) is 19.5 Å². The van der Waals surface area contributed by atoms with Gasteiger partial charge in [-0.05, 0) is 26.3 Å². The predicted molar refractivity (Wildman–Crippen MR) is 69.4 cm³/mol. The number of methoxy groups -OCH3 is 1. The summed E-state index contributed by atoms with van der Waals surface area (Å²) in [5, 5.41) is 3.48. The van der Waals surface area contributed by atoms with E-state index in [-0.39, 0.29) is 0 Å². The number of hydrogen-bond donors (Lipinski definition) is 1. The molecule has 0 spiro atoms. The summed E-state index contributed by atoms with van der Waals surface area (Å²) in [5.74, 6) is 0.987. The summed E-state index contributed by atoms with van der Waals surface area (Å²) in [5.41, 5.74) is 0.945. The average molecular weight is 237 g/mol. The van der Waals surface area contributed by atoms with Gasteiger partial charge >= 0.3 is 0 Å². The molecule has 0 aliphatic carbocycles. The molecule has 1 aromatic rings. The van der Waals surface area contributed by atoms with Gasteiger partial charge in [0.1, 0.15) is 5.69 Å². The maximum Gasteiger partial charge on any atom is 0.235 e. The molecule has 4 nitrogen and oxygen atoms in total. The van der Waals surface area contributed by atoms with Crippen molar-refractivity contribution in [3.8, 4) is 5.88 Å². The van der Waals surface area contributed by atoms with Gasteiger partial charge in [0, 0.05) is 24.4 Å². The Morgan fingerprint density at radius 2 is 2.00 bits per heavy atom. The van der Waals surface area contributed by atoms with Crippen molar-refractivity contribution in [2.24, 2.45) is 0 Å². The highest BCUT2D eigenvalue weighted by Crippen LogP contribution is 2.25. The molecule has 0 amide bonds. The van der Waals surface area contributed by atoms with Crippen molar-refractivity contribution in [2.75, 3.05) is 13.7 Å². The molecule has 1 rings (SSSR count). The number of rotatable bonds is 7. The van der Waals surface area contributed by atoms with E-state index in [0.29, 0.717) is 17.8 Å². The van der Waals surface area contributed by atoms with Crippen molar-refractivity contribution in [1.82, 2.24) is 15.3 Å². The van der Waals surface area contributed by atoms with Crippen LogP contribution in [0.5, 0.6) is 5.88 Å². The summed E-state index contributed by atoms with van der Waals surface area (Å²) < 4.78 is 5.24. The summed E-state index contributed by atoms with van der Waals surface area (Å²) in [7, 11) is 1.64. The lowest BCUT2D eigenvalue weighted by Gasteiger charge is -2.18.